The fraction of sp³-hybridized carbons (Fsp3) is 0.714. The highest BCUT2D eigenvalue weighted by Gasteiger charge is 2.26. The minimum absolute atomic E-state index is 0.521. The van der Waals surface area contributed by atoms with Gasteiger partial charge >= 0.3 is 0 Å². The molecule has 4 nitrogen and oxygen atoms in total. The number of hydrogen-bond acceptors (Lipinski definition) is 5. The molecule has 0 amide bonds. The van der Waals surface area contributed by atoms with E-state index < -0.39 is 0 Å². The maximum absolute atomic E-state index is 4.71. The van der Waals surface area contributed by atoms with E-state index in [1.807, 2.05) is 11.8 Å². The first-order valence-corrected chi connectivity index (χ1v) is 8.20. The van der Waals surface area contributed by atoms with Gasteiger partial charge in [0.05, 0.1) is 0 Å². The molecule has 2 rings (SSSR count). The molecule has 1 aliphatic rings. The van der Waals surface area contributed by atoms with Gasteiger partial charge in [0.25, 0.3) is 0 Å². The molecule has 0 spiro atoms. The van der Waals surface area contributed by atoms with Crippen molar-refractivity contribution in [2.45, 2.75) is 45.4 Å². The van der Waals surface area contributed by atoms with E-state index in [2.05, 4.69) is 49.0 Å². The molecule has 2 heterocycles. The normalized spacial score (nSPS) is 23.5. The second-order valence-electron chi connectivity index (χ2n) is 4.92. The lowest BCUT2D eigenvalue weighted by Gasteiger charge is -2.38. The fourth-order valence-electron chi connectivity index (χ4n) is 2.32. The second kappa shape index (κ2) is 6.46. The van der Waals surface area contributed by atoms with Crippen molar-refractivity contribution < 1.29 is 0 Å². The summed E-state index contributed by atoms with van der Waals surface area (Å²) in [6.07, 6.45) is 0.874. The number of nitrogens with one attached hydrogen (secondary N) is 1. The molecule has 0 radical (unpaired) electrons. The molecular formula is C14H24N4S. The van der Waals surface area contributed by atoms with Crippen molar-refractivity contribution in [2.24, 2.45) is 0 Å². The lowest BCUT2D eigenvalue weighted by molar-refractivity contribution is 0.618. The molecule has 2 atom stereocenters. The zero-order valence-electron chi connectivity index (χ0n) is 12.3. The van der Waals surface area contributed by atoms with Gasteiger partial charge < -0.3 is 10.2 Å². The minimum atomic E-state index is 0.521. The van der Waals surface area contributed by atoms with Crippen LogP contribution in [0.4, 0.5) is 11.6 Å². The molecule has 0 bridgehead atoms. The summed E-state index contributed by atoms with van der Waals surface area (Å²) < 4.78 is 0. The molecule has 0 saturated carbocycles. The first kappa shape index (κ1) is 14.4. The van der Waals surface area contributed by atoms with Crippen LogP contribution < -0.4 is 10.2 Å². The highest BCUT2D eigenvalue weighted by Crippen LogP contribution is 2.28. The second-order valence-corrected chi connectivity index (χ2v) is 6.41. The predicted octanol–water partition coefficient (Wildman–Crippen LogP) is 2.80. The van der Waals surface area contributed by atoms with Crippen molar-refractivity contribution in [2.75, 3.05) is 29.1 Å². The average Bonchev–Trinajstić information content (AvgIpc) is 2.42. The van der Waals surface area contributed by atoms with Crippen LogP contribution in [0.25, 0.3) is 0 Å². The van der Waals surface area contributed by atoms with Gasteiger partial charge in [0.1, 0.15) is 17.5 Å². The van der Waals surface area contributed by atoms with E-state index in [1.54, 1.807) is 0 Å². The van der Waals surface area contributed by atoms with Crippen molar-refractivity contribution in [3.8, 4) is 0 Å². The first-order valence-electron chi connectivity index (χ1n) is 7.15. The monoisotopic (exact) mass is 280 g/mol. The van der Waals surface area contributed by atoms with Crippen LogP contribution in [0, 0.1) is 0 Å². The summed E-state index contributed by atoms with van der Waals surface area (Å²) in [5.41, 5.74) is 0. The number of anilines is 2. The Morgan fingerprint density at radius 2 is 2.16 bits per heavy atom. The Kier molecular flexibility index (Phi) is 4.91. The van der Waals surface area contributed by atoms with E-state index >= 15 is 0 Å². The van der Waals surface area contributed by atoms with Crippen molar-refractivity contribution in [3.63, 3.8) is 0 Å². The zero-order chi connectivity index (χ0) is 13.8. The van der Waals surface area contributed by atoms with Crippen LogP contribution in [0.3, 0.4) is 0 Å². The number of thioether (sulfide) groups is 1. The van der Waals surface area contributed by atoms with Gasteiger partial charge in [-0.1, -0.05) is 13.8 Å². The van der Waals surface area contributed by atoms with Gasteiger partial charge in [-0.2, -0.15) is 11.8 Å². The Morgan fingerprint density at radius 3 is 2.84 bits per heavy atom. The Bertz CT molecular complexity index is 424. The summed E-state index contributed by atoms with van der Waals surface area (Å²) in [6.45, 7) is 10.7. The SMILES string of the molecule is CCNc1cc(N2CCSC(C)C2C)nc(CC)n1. The van der Waals surface area contributed by atoms with E-state index in [0.29, 0.717) is 11.3 Å². The molecule has 2 unspecified atom stereocenters. The number of nitrogens with zero attached hydrogens (tertiary/aromatic N) is 3. The van der Waals surface area contributed by atoms with Crippen molar-refractivity contribution in [1.82, 2.24) is 9.97 Å². The van der Waals surface area contributed by atoms with E-state index in [-0.39, 0.29) is 0 Å². The molecule has 106 valence electrons. The third-order valence-corrected chi connectivity index (χ3v) is 4.95. The first-order chi connectivity index (χ1) is 9.15. The third kappa shape index (κ3) is 3.32. The maximum Gasteiger partial charge on any atom is 0.134 e. The molecule has 1 aliphatic heterocycles. The number of aryl methyl sites for hydroxylation is 1. The molecular weight excluding hydrogens is 256 g/mol. The van der Waals surface area contributed by atoms with Gasteiger partial charge in [-0.25, -0.2) is 9.97 Å². The zero-order valence-corrected chi connectivity index (χ0v) is 13.1. The fourth-order valence-corrected chi connectivity index (χ4v) is 3.42. The standard InChI is InChI=1S/C14H24N4S/c1-5-12-16-13(15-6-2)9-14(17-12)18-7-8-19-11(4)10(18)3/h9-11H,5-8H2,1-4H3,(H,15,16,17). The lowest BCUT2D eigenvalue weighted by atomic mass is 10.2. The highest BCUT2D eigenvalue weighted by molar-refractivity contribution is 8.00. The quantitative estimate of drug-likeness (QED) is 0.918. The Balaban J connectivity index is 2.29. The van der Waals surface area contributed by atoms with E-state index in [4.69, 9.17) is 4.98 Å². The molecule has 0 aliphatic carbocycles. The topological polar surface area (TPSA) is 41.0 Å². The van der Waals surface area contributed by atoms with Crippen LogP contribution in [-0.4, -0.2) is 40.1 Å². The summed E-state index contributed by atoms with van der Waals surface area (Å²) in [7, 11) is 0. The van der Waals surface area contributed by atoms with Gasteiger partial charge in [0.2, 0.25) is 0 Å². The average molecular weight is 280 g/mol. The number of aromatic nitrogens is 2. The number of hydrogen-bond donors (Lipinski definition) is 1. The molecule has 5 heteroatoms. The van der Waals surface area contributed by atoms with Crippen LogP contribution in [0.2, 0.25) is 0 Å². The van der Waals surface area contributed by atoms with Crippen molar-refractivity contribution in [3.05, 3.63) is 11.9 Å². The van der Waals surface area contributed by atoms with E-state index in [1.165, 1.54) is 5.75 Å². The van der Waals surface area contributed by atoms with Crippen LogP contribution in [0.5, 0.6) is 0 Å². The van der Waals surface area contributed by atoms with Crippen LogP contribution >= 0.6 is 11.8 Å². The lowest BCUT2D eigenvalue weighted by Crippen LogP contribution is -2.45. The molecule has 1 N–H and O–H groups in total. The molecule has 1 saturated heterocycles. The number of rotatable bonds is 4. The predicted molar refractivity (Wildman–Crippen MR) is 84.3 cm³/mol. The van der Waals surface area contributed by atoms with E-state index in [9.17, 15) is 0 Å². The molecule has 0 aromatic carbocycles. The maximum atomic E-state index is 4.71. The largest absolute Gasteiger partial charge is 0.370 e. The Morgan fingerprint density at radius 1 is 1.37 bits per heavy atom. The molecule has 1 aromatic heterocycles. The van der Waals surface area contributed by atoms with Gasteiger partial charge in [0.15, 0.2) is 0 Å². The minimum Gasteiger partial charge on any atom is -0.370 e. The Labute approximate surface area is 120 Å². The Hall–Kier alpha value is -0.970. The van der Waals surface area contributed by atoms with Crippen LogP contribution in [0.15, 0.2) is 6.07 Å². The summed E-state index contributed by atoms with van der Waals surface area (Å²) in [4.78, 5) is 11.7. The van der Waals surface area contributed by atoms with Gasteiger partial charge in [-0.15, -0.1) is 0 Å². The third-order valence-electron chi connectivity index (χ3n) is 3.61. The van der Waals surface area contributed by atoms with Gasteiger partial charge in [-0.05, 0) is 13.8 Å². The van der Waals surface area contributed by atoms with Crippen molar-refractivity contribution >= 4 is 23.4 Å². The molecule has 1 aromatic rings. The van der Waals surface area contributed by atoms with Gasteiger partial charge in [0, 0.05) is 42.6 Å². The summed E-state index contributed by atoms with van der Waals surface area (Å²) in [5.74, 6) is 4.12. The van der Waals surface area contributed by atoms with E-state index in [0.717, 1.165) is 37.0 Å². The van der Waals surface area contributed by atoms with Crippen LogP contribution in [0.1, 0.15) is 33.5 Å². The van der Waals surface area contributed by atoms with Crippen LogP contribution in [-0.2, 0) is 6.42 Å². The molecule has 19 heavy (non-hydrogen) atoms. The summed E-state index contributed by atoms with van der Waals surface area (Å²) in [5, 5.41) is 3.95. The van der Waals surface area contributed by atoms with Crippen molar-refractivity contribution in [1.29, 1.82) is 0 Å². The molecule has 1 fully saturated rings. The summed E-state index contributed by atoms with van der Waals surface area (Å²) in [6, 6.07) is 2.61. The highest BCUT2D eigenvalue weighted by atomic mass is 32.2. The van der Waals surface area contributed by atoms with Gasteiger partial charge in [-0.3, -0.25) is 0 Å². The smallest absolute Gasteiger partial charge is 0.134 e. The summed E-state index contributed by atoms with van der Waals surface area (Å²) >= 11 is 2.05.